The van der Waals surface area contributed by atoms with Gasteiger partial charge in [-0.3, -0.25) is 19.2 Å². The Balaban J connectivity index is 1.03. The van der Waals surface area contributed by atoms with Crippen molar-refractivity contribution in [2.24, 2.45) is 10.8 Å². The molecule has 1 N–H and O–H groups in total. The molecule has 0 radical (unpaired) electrons. The number of allylic oxidation sites excluding steroid dienone is 1. The topological polar surface area (TPSA) is 156 Å². The van der Waals surface area contributed by atoms with E-state index in [1.807, 2.05) is 0 Å². The molecule has 5 aliphatic rings. The summed E-state index contributed by atoms with van der Waals surface area (Å²) in [6, 6.07) is 8.64. The first-order valence-corrected chi connectivity index (χ1v) is 18.9. The zero-order valence-electron chi connectivity index (χ0n) is 30.7. The molecule has 3 aliphatic heterocycles. The van der Waals surface area contributed by atoms with Gasteiger partial charge in [0.2, 0.25) is 0 Å². The van der Waals surface area contributed by atoms with Crippen molar-refractivity contribution in [3.05, 3.63) is 47.5 Å². The Kier molecular flexibility index (Phi) is 11.9. The molecule has 1 spiro atoms. The monoisotopic (exact) mass is 726 g/mol. The van der Waals surface area contributed by atoms with Gasteiger partial charge in [0.1, 0.15) is 18.3 Å². The summed E-state index contributed by atoms with van der Waals surface area (Å²) in [5.74, 6) is -1.67. The highest BCUT2D eigenvalue weighted by Gasteiger charge is 2.83. The number of carbonyl (C=O) groups excluding carboxylic acids is 4. The zero-order chi connectivity index (χ0) is 37.0. The molecule has 6 rings (SSSR count). The molecule has 8 atom stereocenters. The van der Waals surface area contributed by atoms with Gasteiger partial charge in [0.15, 0.2) is 18.7 Å². The molecule has 2 bridgehead atoms. The van der Waals surface area contributed by atoms with Crippen molar-refractivity contribution >= 4 is 23.7 Å². The Morgan fingerprint density at radius 1 is 1.02 bits per heavy atom. The van der Waals surface area contributed by atoms with E-state index in [9.17, 15) is 24.3 Å². The lowest BCUT2D eigenvalue weighted by atomic mass is 9.51. The lowest BCUT2D eigenvalue weighted by Crippen LogP contribution is -2.66. The lowest BCUT2D eigenvalue weighted by Gasteiger charge is -2.58. The largest absolute Gasteiger partial charge is 0.465 e. The van der Waals surface area contributed by atoms with E-state index in [4.69, 9.17) is 33.2 Å². The number of rotatable bonds is 17. The number of hydrogen-bond acceptors (Lipinski definition) is 12. The third-order valence-electron chi connectivity index (χ3n) is 12.1. The van der Waals surface area contributed by atoms with Gasteiger partial charge < -0.3 is 38.3 Å². The van der Waals surface area contributed by atoms with Crippen LogP contribution in [0.5, 0.6) is 0 Å². The summed E-state index contributed by atoms with van der Waals surface area (Å²) >= 11 is 0. The van der Waals surface area contributed by atoms with Crippen LogP contribution in [0.2, 0.25) is 0 Å². The van der Waals surface area contributed by atoms with Gasteiger partial charge in [-0.05, 0) is 65.2 Å². The van der Waals surface area contributed by atoms with Crippen molar-refractivity contribution in [3.63, 3.8) is 0 Å². The highest BCUT2D eigenvalue weighted by molar-refractivity contribution is 5.97. The summed E-state index contributed by atoms with van der Waals surface area (Å²) in [6.45, 7) is 6.85. The number of Topliss-reactive ketones (excluding diaryl/α,β-unsaturated/α-hetero) is 1. The van der Waals surface area contributed by atoms with Crippen LogP contribution in [0, 0.1) is 10.8 Å². The van der Waals surface area contributed by atoms with Gasteiger partial charge in [0, 0.05) is 36.8 Å². The number of hydrogen-bond donors (Lipinski definition) is 1. The smallest absolute Gasteiger partial charge is 0.308 e. The summed E-state index contributed by atoms with van der Waals surface area (Å²) in [7, 11) is 0. The number of unbranched alkanes of at least 4 members (excludes halogenated alkanes) is 1. The minimum Gasteiger partial charge on any atom is -0.465 e. The fourth-order valence-corrected chi connectivity index (χ4v) is 8.73. The average Bonchev–Trinajstić information content (AvgIpc) is 3.91. The van der Waals surface area contributed by atoms with E-state index in [-0.39, 0.29) is 75.8 Å². The van der Waals surface area contributed by atoms with E-state index < -0.39 is 40.1 Å². The van der Waals surface area contributed by atoms with E-state index in [0.717, 1.165) is 25.7 Å². The lowest BCUT2D eigenvalue weighted by molar-refractivity contribution is -0.234. The number of ketones is 1. The van der Waals surface area contributed by atoms with Crippen molar-refractivity contribution in [3.8, 4) is 0 Å². The molecule has 3 heterocycles. The molecule has 52 heavy (non-hydrogen) atoms. The van der Waals surface area contributed by atoms with Crippen LogP contribution in [0.1, 0.15) is 108 Å². The van der Waals surface area contributed by atoms with Crippen molar-refractivity contribution in [1.82, 2.24) is 0 Å². The molecule has 1 saturated carbocycles. The maximum absolute atomic E-state index is 13.3. The predicted octanol–water partition coefficient (Wildman–Crippen LogP) is 5.18. The Bertz CT molecular complexity index is 1480. The van der Waals surface area contributed by atoms with Gasteiger partial charge in [0.05, 0.1) is 42.9 Å². The molecule has 12 heteroatoms. The van der Waals surface area contributed by atoms with E-state index in [2.05, 4.69) is 19.9 Å². The maximum Gasteiger partial charge on any atom is 0.308 e. The summed E-state index contributed by atoms with van der Waals surface area (Å²) < 4.78 is 41.7. The summed E-state index contributed by atoms with van der Waals surface area (Å²) in [6.07, 6.45) is 6.46. The van der Waals surface area contributed by atoms with Crippen LogP contribution in [0.4, 0.5) is 0 Å². The van der Waals surface area contributed by atoms with E-state index in [1.165, 1.54) is 5.57 Å². The molecule has 1 aromatic carbocycles. The molecule has 2 aliphatic carbocycles. The minimum atomic E-state index is -1.33. The van der Waals surface area contributed by atoms with E-state index in [1.54, 1.807) is 37.3 Å². The van der Waals surface area contributed by atoms with Crippen LogP contribution >= 0.6 is 0 Å². The number of carbonyl (C=O) groups is 4. The summed E-state index contributed by atoms with van der Waals surface area (Å²) in [5.41, 5.74) is -1.77. The number of ether oxygens (including phenoxy) is 7. The SMILES string of the molecule is CC1=C[C@H]2O[C@@H]3C[C@@H](OC(=O)CCCCC(=O)OCC(=O)c4ccccc4)[C@@](C)(C34CO4)[C@@]2(COC(=O)CC(C)(O)CCOC2CCCCO2)CC1. The Morgan fingerprint density at radius 3 is 2.48 bits per heavy atom. The molecular formula is C40H54O12. The molecular weight excluding hydrogens is 672 g/mol. The van der Waals surface area contributed by atoms with Gasteiger partial charge in [-0.2, -0.15) is 0 Å². The Hall–Kier alpha value is -3.16. The first-order valence-electron chi connectivity index (χ1n) is 18.9. The van der Waals surface area contributed by atoms with E-state index >= 15 is 0 Å². The first kappa shape index (κ1) is 38.6. The number of aliphatic hydroxyl groups is 1. The number of benzene rings is 1. The van der Waals surface area contributed by atoms with Crippen molar-refractivity contribution in [2.45, 2.75) is 134 Å². The Labute approximate surface area is 305 Å². The van der Waals surface area contributed by atoms with Crippen LogP contribution in [0.3, 0.4) is 0 Å². The third-order valence-corrected chi connectivity index (χ3v) is 12.1. The Morgan fingerprint density at radius 2 is 1.77 bits per heavy atom. The predicted molar refractivity (Wildman–Crippen MR) is 186 cm³/mol. The second-order valence-corrected chi connectivity index (χ2v) is 15.7. The molecule has 4 fully saturated rings. The van der Waals surface area contributed by atoms with Crippen LogP contribution < -0.4 is 0 Å². The van der Waals surface area contributed by atoms with Crippen LogP contribution in [-0.2, 0) is 47.5 Å². The van der Waals surface area contributed by atoms with Crippen molar-refractivity contribution < 1.29 is 57.4 Å². The number of epoxide rings is 1. The van der Waals surface area contributed by atoms with Gasteiger partial charge in [0.25, 0.3) is 0 Å². The fourth-order valence-electron chi connectivity index (χ4n) is 8.73. The summed E-state index contributed by atoms with van der Waals surface area (Å²) in [4.78, 5) is 51.1. The van der Waals surface area contributed by atoms with Gasteiger partial charge >= 0.3 is 17.9 Å². The zero-order valence-corrected chi connectivity index (χ0v) is 30.7. The van der Waals surface area contributed by atoms with Crippen molar-refractivity contribution in [1.29, 1.82) is 0 Å². The molecule has 0 aromatic heterocycles. The van der Waals surface area contributed by atoms with Crippen LogP contribution in [0.25, 0.3) is 0 Å². The van der Waals surface area contributed by atoms with E-state index in [0.29, 0.717) is 44.5 Å². The fraction of sp³-hybridized carbons (Fsp3) is 0.700. The molecule has 12 nitrogen and oxygen atoms in total. The quantitative estimate of drug-likeness (QED) is 0.0562. The second kappa shape index (κ2) is 16.1. The van der Waals surface area contributed by atoms with Crippen LogP contribution in [-0.4, -0.2) is 97.6 Å². The van der Waals surface area contributed by atoms with Gasteiger partial charge in [-0.15, -0.1) is 0 Å². The molecule has 3 saturated heterocycles. The second-order valence-electron chi connectivity index (χ2n) is 15.7. The first-order chi connectivity index (χ1) is 24.9. The average molecular weight is 727 g/mol. The molecule has 1 aromatic rings. The maximum atomic E-state index is 13.3. The highest BCUT2D eigenvalue weighted by atomic mass is 16.7. The van der Waals surface area contributed by atoms with Gasteiger partial charge in [-0.1, -0.05) is 48.9 Å². The summed E-state index contributed by atoms with van der Waals surface area (Å²) in [5, 5.41) is 11.0. The standard InChI is InChI=1S/C40H54O12/c1-27-16-17-39(25-49-35(44)23-37(2,45)18-20-47-36-15-9-10-19-46-36)31(21-27)51-32-22-30(38(39,3)40(32)26-50-40)52-34(43)14-8-7-13-33(42)48-24-29(41)28-11-5-4-6-12-28/h4-6,11-12,21,30-32,36,45H,7-10,13-20,22-26H2,1-3H3/t30-,31-,32-,36?,37?,38-,39-,40?/m1/s1. The third kappa shape index (κ3) is 8.16. The van der Waals surface area contributed by atoms with Crippen molar-refractivity contribution in [2.75, 3.05) is 33.0 Å². The molecule has 3 unspecified atom stereocenters. The number of esters is 3. The normalized spacial score (nSPS) is 33.0. The minimum absolute atomic E-state index is 0.0278. The molecule has 286 valence electrons. The highest BCUT2D eigenvalue weighted by Crippen LogP contribution is 2.72. The molecule has 0 amide bonds. The van der Waals surface area contributed by atoms with Gasteiger partial charge in [-0.25, -0.2) is 0 Å². The number of fused-ring (bicyclic) bond motifs is 2. The van der Waals surface area contributed by atoms with Crippen LogP contribution in [0.15, 0.2) is 42.0 Å².